The lowest BCUT2D eigenvalue weighted by atomic mass is 9.89. The van der Waals surface area contributed by atoms with Gasteiger partial charge in [-0.1, -0.05) is 0 Å². The van der Waals surface area contributed by atoms with Gasteiger partial charge in [0.15, 0.2) is 0 Å². The van der Waals surface area contributed by atoms with Crippen molar-refractivity contribution in [1.29, 1.82) is 0 Å². The van der Waals surface area contributed by atoms with Crippen LogP contribution in [0.2, 0.25) is 0 Å². The number of carboxylic acids is 1. The van der Waals surface area contributed by atoms with Crippen LogP contribution in [0.4, 0.5) is 0 Å². The summed E-state index contributed by atoms with van der Waals surface area (Å²) in [5.74, 6) is -0.782. The molecule has 17 heavy (non-hydrogen) atoms. The van der Waals surface area contributed by atoms with Gasteiger partial charge in [-0.05, 0) is 24.7 Å². The summed E-state index contributed by atoms with van der Waals surface area (Å²) in [6.45, 7) is 0. The van der Waals surface area contributed by atoms with Crippen molar-refractivity contribution in [2.24, 2.45) is 11.8 Å². The van der Waals surface area contributed by atoms with Crippen molar-refractivity contribution in [2.75, 3.05) is 7.11 Å². The topological polar surface area (TPSA) is 80.7 Å². The van der Waals surface area contributed by atoms with Gasteiger partial charge in [-0.25, -0.2) is 0 Å². The molecule has 0 aliphatic heterocycles. The zero-order chi connectivity index (χ0) is 12.8. The molecule has 0 aromatic carbocycles. The van der Waals surface area contributed by atoms with Crippen molar-refractivity contribution in [3.63, 3.8) is 0 Å². The van der Waals surface area contributed by atoms with Crippen LogP contribution in [0.3, 0.4) is 0 Å². The van der Waals surface area contributed by atoms with Crippen molar-refractivity contribution in [3.8, 4) is 0 Å². The van der Waals surface area contributed by atoms with Gasteiger partial charge in [0.05, 0.1) is 7.11 Å². The third-order valence-electron chi connectivity index (χ3n) is 3.27. The number of hydrogen-bond acceptors (Lipinski definition) is 4. The standard InChI is InChI=1S/C12H18O5/c1-17-12(16)7-9-6-10(13)5-8(9)3-2-4-11(14)15/h8-9H,2-7H2,1H3,(H,14,15). The molecular weight excluding hydrogens is 224 g/mol. The van der Waals surface area contributed by atoms with E-state index in [1.165, 1.54) is 7.11 Å². The average Bonchev–Trinajstić information content (AvgIpc) is 2.58. The highest BCUT2D eigenvalue weighted by atomic mass is 16.5. The Morgan fingerprint density at radius 1 is 1.35 bits per heavy atom. The number of esters is 1. The van der Waals surface area contributed by atoms with Crippen LogP contribution in [-0.4, -0.2) is 29.9 Å². The van der Waals surface area contributed by atoms with Crippen LogP contribution in [-0.2, 0) is 19.1 Å². The second-order valence-electron chi connectivity index (χ2n) is 4.53. The largest absolute Gasteiger partial charge is 0.481 e. The number of Topliss-reactive ketones (excluding diaryl/α,β-unsaturated/α-hetero) is 1. The Morgan fingerprint density at radius 3 is 2.59 bits per heavy atom. The van der Waals surface area contributed by atoms with E-state index in [2.05, 4.69) is 4.74 Å². The Bertz CT molecular complexity index is 310. The van der Waals surface area contributed by atoms with Crippen molar-refractivity contribution in [1.82, 2.24) is 0 Å². The van der Waals surface area contributed by atoms with Crippen LogP contribution in [0, 0.1) is 11.8 Å². The van der Waals surface area contributed by atoms with Gasteiger partial charge in [-0.3, -0.25) is 14.4 Å². The molecule has 0 radical (unpaired) electrons. The van der Waals surface area contributed by atoms with E-state index in [0.29, 0.717) is 25.7 Å². The van der Waals surface area contributed by atoms with Gasteiger partial charge in [-0.2, -0.15) is 0 Å². The van der Waals surface area contributed by atoms with E-state index in [1.54, 1.807) is 0 Å². The van der Waals surface area contributed by atoms with E-state index in [1.807, 2.05) is 0 Å². The number of ketones is 1. The van der Waals surface area contributed by atoms with Crippen LogP contribution in [0.5, 0.6) is 0 Å². The van der Waals surface area contributed by atoms with E-state index in [4.69, 9.17) is 5.11 Å². The number of methoxy groups -OCH3 is 1. The molecule has 1 N–H and O–H groups in total. The van der Waals surface area contributed by atoms with E-state index in [0.717, 1.165) is 0 Å². The van der Waals surface area contributed by atoms with Crippen molar-refractivity contribution >= 4 is 17.7 Å². The fourth-order valence-corrected chi connectivity index (χ4v) is 2.39. The molecule has 2 atom stereocenters. The van der Waals surface area contributed by atoms with Gasteiger partial charge in [0.1, 0.15) is 5.78 Å². The fraction of sp³-hybridized carbons (Fsp3) is 0.750. The summed E-state index contributed by atoms with van der Waals surface area (Å²) in [5, 5.41) is 8.55. The summed E-state index contributed by atoms with van der Waals surface area (Å²) < 4.78 is 4.59. The monoisotopic (exact) mass is 242 g/mol. The molecular formula is C12H18O5. The normalized spacial score (nSPS) is 23.7. The molecule has 2 unspecified atom stereocenters. The van der Waals surface area contributed by atoms with Gasteiger partial charge < -0.3 is 9.84 Å². The third-order valence-corrected chi connectivity index (χ3v) is 3.27. The Kier molecular flexibility index (Phi) is 5.12. The number of carboxylic acid groups (broad SMARTS) is 1. The van der Waals surface area contributed by atoms with Crippen LogP contribution in [0.15, 0.2) is 0 Å². The maximum Gasteiger partial charge on any atom is 0.305 e. The highest BCUT2D eigenvalue weighted by Gasteiger charge is 2.34. The highest BCUT2D eigenvalue weighted by molar-refractivity contribution is 5.82. The molecule has 0 aromatic rings. The number of rotatable bonds is 6. The number of carbonyl (C=O) groups is 3. The molecule has 1 aliphatic carbocycles. The molecule has 1 saturated carbocycles. The first-order chi connectivity index (χ1) is 8.02. The second-order valence-corrected chi connectivity index (χ2v) is 4.53. The zero-order valence-corrected chi connectivity index (χ0v) is 9.98. The minimum absolute atomic E-state index is 0.0312. The maximum atomic E-state index is 11.4. The number of aliphatic carboxylic acids is 1. The molecule has 0 amide bonds. The molecule has 5 nitrogen and oxygen atoms in total. The molecule has 1 rings (SSSR count). The molecule has 1 fully saturated rings. The maximum absolute atomic E-state index is 11.4. The number of hydrogen-bond donors (Lipinski definition) is 1. The average molecular weight is 242 g/mol. The summed E-state index contributed by atoms with van der Waals surface area (Å²) in [6, 6.07) is 0. The van der Waals surface area contributed by atoms with Crippen LogP contribution in [0.25, 0.3) is 0 Å². The Hall–Kier alpha value is -1.39. The summed E-state index contributed by atoms with van der Waals surface area (Å²) in [7, 11) is 1.33. The predicted molar refractivity (Wildman–Crippen MR) is 59.3 cm³/mol. The predicted octanol–water partition coefficient (Wildman–Crippen LogP) is 1.40. The first kappa shape index (κ1) is 13.7. The van der Waals surface area contributed by atoms with Crippen molar-refractivity contribution < 1.29 is 24.2 Å². The summed E-state index contributed by atoms with van der Waals surface area (Å²) in [4.78, 5) is 32.9. The third kappa shape index (κ3) is 4.54. The Labute approximate surface area is 100 Å². The van der Waals surface area contributed by atoms with E-state index >= 15 is 0 Å². The van der Waals surface area contributed by atoms with Crippen LogP contribution in [0.1, 0.15) is 38.5 Å². The summed E-state index contributed by atoms with van der Waals surface area (Å²) in [6.07, 6.45) is 2.54. The lowest BCUT2D eigenvalue weighted by Gasteiger charge is -2.16. The Morgan fingerprint density at radius 2 is 2.00 bits per heavy atom. The molecule has 5 heteroatoms. The van der Waals surface area contributed by atoms with Crippen LogP contribution < -0.4 is 0 Å². The highest BCUT2D eigenvalue weighted by Crippen LogP contribution is 2.35. The number of carbonyl (C=O) groups excluding carboxylic acids is 2. The SMILES string of the molecule is COC(=O)CC1CC(=O)CC1CCCC(=O)O. The lowest BCUT2D eigenvalue weighted by Crippen LogP contribution is -2.14. The van der Waals surface area contributed by atoms with Gasteiger partial charge in [0.25, 0.3) is 0 Å². The first-order valence-electron chi connectivity index (χ1n) is 5.83. The molecule has 1 aliphatic rings. The van der Waals surface area contributed by atoms with E-state index < -0.39 is 5.97 Å². The van der Waals surface area contributed by atoms with E-state index in [-0.39, 0.29) is 36.4 Å². The van der Waals surface area contributed by atoms with Crippen molar-refractivity contribution in [2.45, 2.75) is 38.5 Å². The smallest absolute Gasteiger partial charge is 0.305 e. The zero-order valence-electron chi connectivity index (χ0n) is 9.98. The summed E-state index contributed by atoms with van der Waals surface area (Å²) in [5.41, 5.74) is 0. The lowest BCUT2D eigenvalue weighted by molar-refractivity contribution is -0.142. The van der Waals surface area contributed by atoms with Crippen molar-refractivity contribution in [3.05, 3.63) is 0 Å². The van der Waals surface area contributed by atoms with Gasteiger partial charge in [0, 0.05) is 25.7 Å². The molecule has 0 heterocycles. The Balaban J connectivity index is 2.41. The van der Waals surface area contributed by atoms with Gasteiger partial charge in [0.2, 0.25) is 0 Å². The number of ether oxygens (including phenoxy) is 1. The summed E-state index contributed by atoms with van der Waals surface area (Å²) >= 11 is 0. The molecule has 0 spiro atoms. The molecule has 0 aromatic heterocycles. The molecule has 96 valence electrons. The van der Waals surface area contributed by atoms with Gasteiger partial charge >= 0.3 is 11.9 Å². The minimum atomic E-state index is -0.821. The minimum Gasteiger partial charge on any atom is -0.481 e. The quantitative estimate of drug-likeness (QED) is 0.712. The van der Waals surface area contributed by atoms with E-state index in [9.17, 15) is 14.4 Å². The first-order valence-corrected chi connectivity index (χ1v) is 5.83. The van der Waals surface area contributed by atoms with Gasteiger partial charge in [-0.15, -0.1) is 0 Å². The second kappa shape index (κ2) is 6.37. The van der Waals surface area contributed by atoms with Crippen LogP contribution >= 0.6 is 0 Å². The molecule has 0 saturated heterocycles. The molecule has 0 bridgehead atoms. The fourth-order valence-electron chi connectivity index (χ4n) is 2.39.